The van der Waals surface area contributed by atoms with Crippen molar-refractivity contribution in [3.8, 4) is 0 Å². The minimum Gasteiger partial charge on any atom is -0.357 e. The van der Waals surface area contributed by atoms with Crippen molar-refractivity contribution in [1.29, 1.82) is 0 Å². The molecule has 0 saturated heterocycles. The zero-order valence-corrected chi connectivity index (χ0v) is 22.3. The zero-order chi connectivity index (χ0) is 26.8. The Kier molecular flexibility index (Phi) is 10.9. The van der Waals surface area contributed by atoms with Crippen LogP contribution in [0.25, 0.3) is 0 Å². The van der Waals surface area contributed by atoms with Crippen LogP contribution in [0.3, 0.4) is 0 Å². The second-order valence-corrected chi connectivity index (χ2v) is 8.63. The van der Waals surface area contributed by atoms with E-state index in [1.54, 1.807) is 0 Å². The molecule has 0 saturated carbocycles. The van der Waals surface area contributed by atoms with Gasteiger partial charge in [0, 0.05) is 58.6 Å². The molecule has 0 aliphatic carbocycles. The first-order chi connectivity index (χ1) is 17.1. The molecule has 1 unspecified atom stereocenters. The summed E-state index contributed by atoms with van der Waals surface area (Å²) in [5.74, 6) is -1.64. The fourth-order valence-corrected chi connectivity index (χ4v) is 4.22. The Morgan fingerprint density at radius 3 is 1.83 bits per heavy atom. The Bertz CT molecular complexity index is 1180. The number of benzene rings is 2. The third-order valence-electron chi connectivity index (χ3n) is 5.20. The number of carbonyl (C=O) groups is 3. The first-order valence-corrected chi connectivity index (χ1v) is 12.8. The van der Waals surface area contributed by atoms with Gasteiger partial charge in [-0.15, -0.1) is 0 Å². The van der Waals surface area contributed by atoms with Gasteiger partial charge < -0.3 is 16.0 Å². The maximum atomic E-state index is 12.7. The summed E-state index contributed by atoms with van der Waals surface area (Å²) in [6.07, 6.45) is 0.463. The second kappa shape index (κ2) is 13.6. The normalized spacial score (nSPS) is 11.3. The molecule has 1 atom stereocenters. The van der Waals surface area contributed by atoms with Crippen LogP contribution >= 0.6 is 31.9 Å². The fourth-order valence-electron chi connectivity index (χ4n) is 3.27. The van der Waals surface area contributed by atoms with Crippen LogP contribution in [0.4, 0.5) is 11.4 Å². The molecule has 0 radical (unpaired) electrons. The van der Waals surface area contributed by atoms with E-state index in [-0.39, 0.29) is 46.1 Å². The molecule has 0 aliphatic heterocycles. The molecule has 2 rings (SSSR count). The van der Waals surface area contributed by atoms with E-state index in [1.165, 1.54) is 37.4 Å². The average molecular weight is 629 g/mol. The van der Waals surface area contributed by atoms with Crippen LogP contribution in [0, 0.1) is 20.2 Å². The van der Waals surface area contributed by atoms with Crippen LogP contribution in [-0.4, -0.2) is 47.2 Å². The van der Waals surface area contributed by atoms with Gasteiger partial charge in [0.25, 0.3) is 23.2 Å². The molecule has 12 nitrogen and oxygen atoms in total. The van der Waals surface area contributed by atoms with Crippen molar-refractivity contribution in [2.24, 2.45) is 0 Å². The van der Waals surface area contributed by atoms with Crippen molar-refractivity contribution < 1.29 is 24.2 Å². The third-order valence-corrected chi connectivity index (χ3v) is 6.41. The smallest absolute Gasteiger partial charge is 0.274 e. The first kappa shape index (κ1) is 28.8. The van der Waals surface area contributed by atoms with Gasteiger partial charge in [-0.2, -0.15) is 0 Å². The highest BCUT2D eigenvalue weighted by molar-refractivity contribution is 9.08. The van der Waals surface area contributed by atoms with Crippen LogP contribution in [0.1, 0.15) is 44.7 Å². The second-order valence-electron chi connectivity index (χ2n) is 7.51. The van der Waals surface area contributed by atoms with E-state index in [1.807, 2.05) is 0 Å². The SMILES string of the molecule is CNC(=O)C(CCCNC(=O)c1ccc(CBr)c([N+](=O)[O-])c1)NC(=O)c1ccc(CBr)c([N+](=O)[O-])c1. The van der Waals surface area contributed by atoms with Gasteiger partial charge >= 0.3 is 0 Å². The van der Waals surface area contributed by atoms with E-state index < -0.39 is 33.6 Å². The van der Waals surface area contributed by atoms with Crippen molar-refractivity contribution in [2.75, 3.05) is 13.6 Å². The summed E-state index contributed by atoms with van der Waals surface area (Å²) in [5, 5.41) is 30.6. The summed E-state index contributed by atoms with van der Waals surface area (Å²) in [6, 6.07) is 7.25. The maximum Gasteiger partial charge on any atom is 0.274 e. The predicted octanol–water partition coefficient (Wildman–Crippen LogP) is 3.35. The molecule has 0 bridgehead atoms. The predicted molar refractivity (Wildman–Crippen MR) is 138 cm³/mol. The maximum absolute atomic E-state index is 12.7. The molecule has 0 heterocycles. The van der Waals surface area contributed by atoms with Gasteiger partial charge in [-0.1, -0.05) is 44.0 Å². The molecule has 0 aliphatic rings. The van der Waals surface area contributed by atoms with E-state index in [2.05, 4.69) is 47.8 Å². The Balaban J connectivity index is 2.01. The quantitative estimate of drug-likeness (QED) is 0.140. The zero-order valence-electron chi connectivity index (χ0n) is 19.1. The topological polar surface area (TPSA) is 174 Å². The van der Waals surface area contributed by atoms with Gasteiger partial charge in [-0.05, 0) is 25.0 Å². The molecule has 0 aromatic heterocycles. The highest BCUT2D eigenvalue weighted by Crippen LogP contribution is 2.24. The van der Waals surface area contributed by atoms with E-state index in [4.69, 9.17) is 0 Å². The number of hydrogen-bond acceptors (Lipinski definition) is 7. The lowest BCUT2D eigenvalue weighted by atomic mass is 10.1. The highest BCUT2D eigenvalue weighted by Gasteiger charge is 2.23. The van der Waals surface area contributed by atoms with Gasteiger partial charge in [0.15, 0.2) is 0 Å². The van der Waals surface area contributed by atoms with Crippen LogP contribution < -0.4 is 16.0 Å². The number of amides is 3. The van der Waals surface area contributed by atoms with Crippen LogP contribution in [-0.2, 0) is 15.5 Å². The number of nitrogens with one attached hydrogen (secondary N) is 3. The summed E-state index contributed by atoms with van der Waals surface area (Å²) in [4.78, 5) is 58.7. The molecular weight excluding hydrogens is 606 g/mol. The summed E-state index contributed by atoms with van der Waals surface area (Å²) in [5.41, 5.74) is 0.600. The summed E-state index contributed by atoms with van der Waals surface area (Å²) >= 11 is 6.33. The van der Waals surface area contributed by atoms with Crippen molar-refractivity contribution >= 4 is 61.0 Å². The number of hydrogen-bond donors (Lipinski definition) is 3. The highest BCUT2D eigenvalue weighted by atomic mass is 79.9. The number of nitro benzene ring substituents is 2. The number of rotatable bonds is 12. The van der Waals surface area contributed by atoms with Crippen LogP contribution in [0.5, 0.6) is 0 Å². The van der Waals surface area contributed by atoms with Crippen molar-refractivity contribution in [1.82, 2.24) is 16.0 Å². The lowest BCUT2D eigenvalue weighted by molar-refractivity contribution is -0.385. The van der Waals surface area contributed by atoms with Crippen molar-refractivity contribution in [3.63, 3.8) is 0 Å². The molecule has 3 amide bonds. The number of likely N-dealkylation sites (N-methyl/N-ethyl adjacent to an activating group) is 1. The number of nitrogens with zero attached hydrogens (tertiary/aromatic N) is 2. The van der Waals surface area contributed by atoms with Gasteiger partial charge in [0.2, 0.25) is 5.91 Å². The number of nitro groups is 2. The molecule has 36 heavy (non-hydrogen) atoms. The van der Waals surface area contributed by atoms with E-state index in [0.29, 0.717) is 17.5 Å². The largest absolute Gasteiger partial charge is 0.357 e. The molecule has 0 spiro atoms. The lowest BCUT2D eigenvalue weighted by Gasteiger charge is -2.17. The fraction of sp³-hybridized carbons (Fsp3) is 0.318. The minimum atomic E-state index is -0.950. The molecule has 2 aromatic rings. The monoisotopic (exact) mass is 627 g/mol. The van der Waals surface area contributed by atoms with Crippen LogP contribution in [0.2, 0.25) is 0 Å². The first-order valence-electron chi connectivity index (χ1n) is 10.6. The van der Waals surface area contributed by atoms with E-state index in [0.717, 1.165) is 6.07 Å². The molecule has 3 N–H and O–H groups in total. The molecule has 14 heteroatoms. The van der Waals surface area contributed by atoms with Crippen LogP contribution in [0.15, 0.2) is 36.4 Å². The molecule has 192 valence electrons. The van der Waals surface area contributed by atoms with Gasteiger partial charge in [0.05, 0.1) is 9.85 Å². The standard InChI is InChI=1S/C22H23Br2N5O7/c1-25-22(32)17(27-21(31)14-5-7-16(12-24)19(10-14)29(35)36)3-2-8-26-20(30)13-4-6-15(11-23)18(9-13)28(33)34/h4-7,9-10,17H,2-3,8,11-12H2,1H3,(H,25,32)(H,26,30)(H,27,31). The van der Waals surface area contributed by atoms with Gasteiger partial charge in [-0.3, -0.25) is 34.6 Å². The minimum absolute atomic E-state index is 0.0297. The summed E-state index contributed by atoms with van der Waals surface area (Å²) in [6.45, 7) is 0.140. The number of carbonyl (C=O) groups excluding carboxylic acids is 3. The van der Waals surface area contributed by atoms with E-state index >= 15 is 0 Å². The summed E-state index contributed by atoms with van der Waals surface area (Å²) < 4.78 is 0. The third kappa shape index (κ3) is 7.55. The van der Waals surface area contributed by atoms with Crippen molar-refractivity contribution in [2.45, 2.75) is 29.5 Å². The Labute approximate surface area is 222 Å². The lowest BCUT2D eigenvalue weighted by Crippen LogP contribution is -2.46. The van der Waals surface area contributed by atoms with E-state index in [9.17, 15) is 34.6 Å². The molecule has 2 aromatic carbocycles. The van der Waals surface area contributed by atoms with Gasteiger partial charge in [0.1, 0.15) is 6.04 Å². The van der Waals surface area contributed by atoms with Gasteiger partial charge in [-0.25, -0.2) is 0 Å². The Morgan fingerprint density at radius 2 is 1.39 bits per heavy atom. The Hall–Kier alpha value is -3.39. The number of halogens is 2. The molecule has 0 fully saturated rings. The summed E-state index contributed by atoms with van der Waals surface area (Å²) in [7, 11) is 1.41. The molecular formula is C22H23Br2N5O7. The Morgan fingerprint density at radius 1 is 0.889 bits per heavy atom. The average Bonchev–Trinajstić information content (AvgIpc) is 2.88. The number of alkyl halides is 2. The van der Waals surface area contributed by atoms with Crippen molar-refractivity contribution in [3.05, 3.63) is 78.9 Å².